The van der Waals surface area contributed by atoms with Gasteiger partial charge < -0.3 is 20.5 Å². The Balaban J connectivity index is 1.99. The molecule has 0 aromatic rings. The van der Waals surface area contributed by atoms with Crippen LogP contribution in [-0.2, 0) is 9.53 Å². The fraction of sp³-hybridized carbons (Fsp3) is 0.833. The van der Waals surface area contributed by atoms with Gasteiger partial charge in [0.05, 0.1) is 5.41 Å². The Hall–Kier alpha value is -1.30. The molecule has 1 rings (SSSR count). The molecule has 0 radical (unpaired) electrons. The van der Waals surface area contributed by atoms with Crippen LogP contribution in [0.4, 0.5) is 4.79 Å². The standard InChI is InChI=1S/C12H22N2O4/c1-2-7-18-8-3-6-13-11(17)14-9-12(4-5-12)10(15)16/h2-9H2,1H3,(H,15,16)(H2,13,14,17). The molecule has 2 amide bonds. The van der Waals surface area contributed by atoms with Crippen molar-refractivity contribution in [3.8, 4) is 0 Å². The van der Waals surface area contributed by atoms with E-state index >= 15 is 0 Å². The minimum Gasteiger partial charge on any atom is -0.481 e. The predicted molar refractivity (Wildman–Crippen MR) is 66.4 cm³/mol. The molecule has 18 heavy (non-hydrogen) atoms. The van der Waals surface area contributed by atoms with E-state index in [1.54, 1.807) is 0 Å². The minimum atomic E-state index is -0.823. The van der Waals surface area contributed by atoms with E-state index in [1.807, 2.05) is 6.92 Å². The molecule has 0 aromatic carbocycles. The highest BCUT2D eigenvalue weighted by Crippen LogP contribution is 2.45. The molecule has 1 aliphatic carbocycles. The number of hydrogen-bond donors (Lipinski definition) is 3. The van der Waals surface area contributed by atoms with Crippen LogP contribution in [0.5, 0.6) is 0 Å². The molecule has 0 aliphatic heterocycles. The Morgan fingerprint density at radius 3 is 2.56 bits per heavy atom. The van der Waals surface area contributed by atoms with Gasteiger partial charge in [0.25, 0.3) is 0 Å². The van der Waals surface area contributed by atoms with E-state index in [0.717, 1.165) is 19.4 Å². The lowest BCUT2D eigenvalue weighted by atomic mass is 10.1. The molecule has 0 saturated heterocycles. The van der Waals surface area contributed by atoms with Crippen molar-refractivity contribution in [2.75, 3.05) is 26.3 Å². The first kappa shape index (κ1) is 14.8. The van der Waals surface area contributed by atoms with Gasteiger partial charge in [-0.25, -0.2) is 4.79 Å². The smallest absolute Gasteiger partial charge is 0.314 e. The van der Waals surface area contributed by atoms with E-state index in [0.29, 0.717) is 26.0 Å². The van der Waals surface area contributed by atoms with E-state index in [-0.39, 0.29) is 12.6 Å². The second-order valence-corrected chi connectivity index (χ2v) is 4.66. The predicted octanol–water partition coefficient (Wildman–Crippen LogP) is 0.967. The maximum atomic E-state index is 11.4. The van der Waals surface area contributed by atoms with Crippen molar-refractivity contribution in [2.45, 2.75) is 32.6 Å². The second-order valence-electron chi connectivity index (χ2n) is 4.66. The third kappa shape index (κ3) is 4.91. The van der Waals surface area contributed by atoms with Crippen LogP contribution in [-0.4, -0.2) is 43.4 Å². The molecule has 0 heterocycles. The van der Waals surface area contributed by atoms with Gasteiger partial charge in [-0.3, -0.25) is 4.79 Å². The summed E-state index contributed by atoms with van der Waals surface area (Å²) in [5.74, 6) is -0.823. The third-order valence-corrected chi connectivity index (χ3v) is 2.99. The van der Waals surface area contributed by atoms with Crippen molar-refractivity contribution in [2.24, 2.45) is 5.41 Å². The van der Waals surface area contributed by atoms with Gasteiger partial charge in [-0.15, -0.1) is 0 Å². The number of carbonyl (C=O) groups is 2. The number of carboxylic acid groups (broad SMARTS) is 1. The number of carbonyl (C=O) groups excluding carboxylic acids is 1. The largest absolute Gasteiger partial charge is 0.481 e. The number of amides is 2. The van der Waals surface area contributed by atoms with Gasteiger partial charge in [0.15, 0.2) is 0 Å². The number of ether oxygens (including phenoxy) is 1. The van der Waals surface area contributed by atoms with Gasteiger partial charge in [-0.2, -0.15) is 0 Å². The van der Waals surface area contributed by atoms with Crippen LogP contribution in [0.2, 0.25) is 0 Å². The van der Waals surface area contributed by atoms with Crippen molar-refractivity contribution >= 4 is 12.0 Å². The third-order valence-electron chi connectivity index (χ3n) is 2.99. The normalized spacial score (nSPS) is 16.1. The zero-order chi connectivity index (χ0) is 13.4. The maximum absolute atomic E-state index is 11.4. The summed E-state index contributed by atoms with van der Waals surface area (Å²) in [7, 11) is 0. The van der Waals surface area contributed by atoms with E-state index in [4.69, 9.17) is 9.84 Å². The molecule has 1 fully saturated rings. The van der Waals surface area contributed by atoms with Crippen LogP contribution >= 0.6 is 0 Å². The van der Waals surface area contributed by atoms with E-state index in [2.05, 4.69) is 10.6 Å². The van der Waals surface area contributed by atoms with Crippen molar-refractivity contribution in [3.05, 3.63) is 0 Å². The van der Waals surface area contributed by atoms with Crippen LogP contribution < -0.4 is 10.6 Å². The summed E-state index contributed by atoms with van der Waals surface area (Å²) >= 11 is 0. The number of hydrogen-bond acceptors (Lipinski definition) is 3. The van der Waals surface area contributed by atoms with Gasteiger partial charge >= 0.3 is 12.0 Å². The zero-order valence-corrected chi connectivity index (χ0v) is 10.8. The van der Waals surface area contributed by atoms with Crippen molar-refractivity contribution in [1.29, 1.82) is 0 Å². The van der Waals surface area contributed by atoms with Crippen molar-refractivity contribution in [3.63, 3.8) is 0 Å². The molecule has 3 N–H and O–H groups in total. The fourth-order valence-electron chi connectivity index (χ4n) is 1.55. The molecule has 0 spiro atoms. The fourth-order valence-corrected chi connectivity index (χ4v) is 1.55. The first-order valence-electron chi connectivity index (χ1n) is 6.43. The van der Waals surface area contributed by atoms with Crippen LogP contribution in [0.1, 0.15) is 32.6 Å². The number of rotatable bonds is 9. The Morgan fingerprint density at radius 2 is 2.00 bits per heavy atom. The molecule has 0 atom stereocenters. The Kier molecular flexibility index (Phi) is 5.91. The lowest BCUT2D eigenvalue weighted by Crippen LogP contribution is -2.41. The molecule has 1 aliphatic rings. The summed E-state index contributed by atoms with van der Waals surface area (Å²) in [6.07, 6.45) is 3.05. The highest BCUT2D eigenvalue weighted by molar-refractivity contribution is 5.80. The first-order valence-corrected chi connectivity index (χ1v) is 6.43. The molecule has 104 valence electrons. The summed E-state index contributed by atoms with van der Waals surface area (Å²) < 4.78 is 5.27. The van der Waals surface area contributed by atoms with Gasteiger partial charge in [0, 0.05) is 26.3 Å². The number of carboxylic acids is 1. The highest BCUT2D eigenvalue weighted by atomic mass is 16.5. The molecule has 6 nitrogen and oxygen atoms in total. The topological polar surface area (TPSA) is 87.7 Å². The van der Waals surface area contributed by atoms with E-state index in [9.17, 15) is 9.59 Å². The summed E-state index contributed by atoms with van der Waals surface area (Å²) in [5, 5.41) is 14.2. The van der Waals surface area contributed by atoms with Crippen LogP contribution in [0, 0.1) is 5.41 Å². The van der Waals surface area contributed by atoms with Crippen LogP contribution in [0.15, 0.2) is 0 Å². The molecule has 0 bridgehead atoms. The van der Waals surface area contributed by atoms with E-state index < -0.39 is 11.4 Å². The summed E-state index contributed by atoms with van der Waals surface area (Å²) in [5.41, 5.74) is -0.707. The SMILES string of the molecule is CCCOCCCNC(=O)NCC1(C(=O)O)CC1. The number of urea groups is 1. The maximum Gasteiger partial charge on any atom is 0.314 e. The Bertz CT molecular complexity index is 290. The van der Waals surface area contributed by atoms with Crippen LogP contribution in [0.3, 0.4) is 0 Å². The number of aliphatic carboxylic acids is 1. The van der Waals surface area contributed by atoms with E-state index in [1.165, 1.54) is 0 Å². The quantitative estimate of drug-likeness (QED) is 0.538. The molecule has 6 heteroatoms. The minimum absolute atomic E-state index is 0.209. The van der Waals surface area contributed by atoms with Gasteiger partial charge in [0.2, 0.25) is 0 Å². The first-order chi connectivity index (χ1) is 8.60. The van der Waals surface area contributed by atoms with Gasteiger partial charge in [-0.05, 0) is 25.7 Å². The highest BCUT2D eigenvalue weighted by Gasteiger charge is 2.50. The summed E-state index contributed by atoms with van der Waals surface area (Å²) in [6.45, 7) is 4.17. The summed E-state index contributed by atoms with van der Waals surface area (Å²) in [4.78, 5) is 22.2. The lowest BCUT2D eigenvalue weighted by Gasteiger charge is -2.12. The molecule has 1 saturated carbocycles. The molecule has 0 unspecified atom stereocenters. The van der Waals surface area contributed by atoms with Gasteiger partial charge in [-0.1, -0.05) is 6.92 Å². The van der Waals surface area contributed by atoms with Crippen molar-refractivity contribution in [1.82, 2.24) is 10.6 Å². The average molecular weight is 258 g/mol. The summed E-state index contributed by atoms with van der Waals surface area (Å²) in [6, 6.07) is -0.307. The number of nitrogens with one attached hydrogen (secondary N) is 2. The zero-order valence-electron chi connectivity index (χ0n) is 10.8. The molecular weight excluding hydrogens is 236 g/mol. The Morgan fingerprint density at radius 1 is 1.28 bits per heavy atom. The van der Waals surface area contributed by atoms with Crippen LogP contribution in [0.25, 0.3) is 0 Å². The van der Waals surface area contributed by atoms with Gasteiger partial charge in [0.1, 0.15) is 0 Å². The lowest BCUT2D eigenvalue weighted by molar-refractivity contribution is -0.143. The Labute approximate surface area is 107 Å². The second kappa shape index (κ2) is 7.20. The molecular formula is C12H22N2O4. The average Bonchev–Trinajstić information content (AvgIpc) is 3.12. The van der Waals surface area contributed by atoms with Crippen molar-refractivity contribution < 1.29 is 19.4 Å². The monoisotopic (exact) mass is 258 g/mol. The molecule has 0 aromatic heterocycles.